The summed E-state index contributed by atoms with van der Waals surface area (Å²) in [6.07, 6.45) is 1.75. The molecule has 0 amide bonds. The van der Waals surface area contributed by atoms with Crippen molar-refractivity contribution in [3.05, 3.63) is 28.8 Å². The molecule has 0 aliphatic carbocycles. The molecule has 74 valence electrons. The van der Waals surface area contributed by atoms with E-state index in [0.717, 1.165) is 12.7 Å². The second kappa shape index (κ2) is 5.58. The lowest BCUT2D eigenvalue weighted by Gasteiger charge is -1.93. The van der Waals surface area contributed by atoms with Crippen LogP contribution in [0.1, 0.15) is 12.0 Å². The number of hydrogen-bond donors (Lipinski definition) is 1. The van der Waals surface area contributed by atoms with E-state index in [1.165, 1.54) is 6.07 Å². The summed E-state index contributed by atoms with van der Waals surface area (Å²) < 4.78 is 13.0. The van der Waals surface area contributed by atoms with E-state index in [4.69, 9.17) is 11.6 Å². The molecule has 1 aromatic heterocycles. The highest BCUT2D eigenvalue weighted by Gasteiger charge is 1.99. The van der Waals surface area contributed by atoms with Crippen molar-refractivity contribution in [3.8, 4) is 11.8 Å². The molecule has 1 heterocycles. The Morgan fingerprint density at radius 3 is 3.14 bits per heavy atom. The van der Waals surface area contributed by atoms with Crippen LogP contribution in [0.25, 0.3) is 0 Å². The SMILES string of the molecule is CNCCC#Cc1cc(Cl)ncc1F. The first-order valence-electron chi connectivity index (χ1n) is 4.18. The number of halogens is 2. The summed E-state index contributed by atoms with van der Waals surface area (Å²) in [5.74, 6) is 5.09. The maximum absolute atomic E-state index is 13.0. The first-order chi connectivity index (χ1) is 6.74. The highest BCUT2D eigenvalue weighted by molar-refractivity contribution is 6.29. The van der Waals surface area contributed by atoms with Crippen LogP contribution in [0.2, 0.25) is 5.15 Å². The molecule has 4 heteroatoms. The van der Waals surface area contributed by atoms with E-state index in [1.807, 2.05) is 7.05 Å². The molecule has 0 radical (unpaired) electrons. The number of aromatic nitrogens is 1. The molecule has 1 rings (SSSR count). The van der Waals surface area contributed by atoms with Crippen molar-refractivity contribution in [2.75, 3.05) is 13.6 Å². The van der Waals surface area contributed by atoms with Crippen LogP contribution in [0.3, 0.4) is 0 Å². The van der Waals surface area contributed by atoms with Crippen molar-refractivity contribution in [1.82, 2.24) is 10.3 Å². The molecular formula is C10H10ClFN2. The van der Waals surface area contributed by atoms with Gasteiger partial charge in [0.15, 0.2) is 5.82 Å². The first kappa shape index (κ1) is 11.0. The number of hydrogen-bond acceptors (Lipinski definition) is 2. The Hall–Kier alpha value is -1.11. The van der Waals surface area contributed by atoms with E-state index in [0.29, 0.717) is 12.0 Å². The lowest BCUT2D eigenvalue weighted by atomic mass is 10.2. The summed E-state index contributed by atoms with van der Waals surface area (Å²) in [5, 5.41) is 3.20. The molecule has 0 bridgehead atoms. The summed E-state index contributed by atoms with van der Waals surface area (Å²) in [5.41, 5.74) is 0.293. The fourth-order valence-electron chi connectivity index (χ4n) is 0.854. The Balaban J connectivity index is 2.73. The van der Waals surface area contributed by atoms with Crippen LogP contribution in [0.5, 0.6) is 0 Å². The van der Waals surface area contributed by atoms with Gasteiger partial charge in [0.1, 0.15) is 5.15 Å². The highest BCUT2D eigenvalue weighted by atomic mass is 35.5. The van der Waals surface area contributed by atoms with E-state index in [-0.39, 0.29) is 5.15 Å². The zero-order valence-electron chi connectivity index (χ0n) is 7.77. The van der Waals surface area contributed by atoms with Gasteiger partial charge in [0.2, 0.25) is 0 Å². The number of rotatable bonds is 2. The molecule has 0 saturated heterocycles. The van der Waals surface area contributed by atoms with Gasteiger partial charge in [0.05, 0.1) is 11.8 Å². The average molecular weight is 213 g/mol. The predicted octanol–water partition coefficient (Wildman–Crippen LogP) is 1.84. The van der Waals surface area contributed by atoms with Gasteiger partial charge in [-0.25, -0.2) is 9.37 Å². The van der Waals surface area contributed by atoms with Crippen LogP contribution in [-0.4, -0.2) is 18.6 Å². The van der Waals surface area contributed by atoms with Gasteiger partial charge in [-0.2, -0.15) is 0 Å². The van der Waals surface area contributed by atoms with Crippen LogP contribution in [0.4, 0.5) is 4.39 Å². The smallest absolute Gasteiger partial charge is 0.157 e. The van der Waals surface area contributed by atoms with E-state index >= 15 is 0 Å². The van der Waals surface area contributed by atoms with Crippen molar-refractivity contribution >= 4 is 11.6 Å². The van der Waals surface area contributed by atoms with Gasteiger partial charge >= 0.3 is 0 Å². The molecule has 0 unspecified atom stereocenters. The lowest BCUT2D eigenvalue weighted by Crippen LogP contribution is -2.05. The molecule has 0 aliphatic rings. The minimum absolute atomic E-state index is 0.254. The zero-order chi connectivity index (χ0) is 10.4. The zero-order valence-corrected chi connectivity index (χ0v) is 8.53. The molecule has 0 aromatic carbocycles. The Labute approximate surface area is 87.5 Å². The first-order valence-corrected chi connectivity index (χ1v) is 4.56. The van der Waals surface area contributed by atoms with Crippen molar-refractivity contribution in [2.45, 2.75) is 6.42 Å². The molecule has 1 aromatic rings. The van der Waals surface area contributed by atoms with Crippen LogP contribution in [0, 0.1) is 17.7 Å². The highest BCUT2D eigenvalue weighted by Crippen LogP contribution is 2.10. The summed E-state index contributed by atoms with van der Waals surface area (Å²) in [7, 11) is 1.84. The van der Waals surface area contributed by atoms with Gasteiger partial charge in [-0.1, -0.05) is 23.4 Å². The number of nitrogens with one attached hydrogen (secondary N) is 1. The fourth-order valence-corrected chi connectivity index (χ4v) is 1.01. The maximum atomic E-state index is 13.0. The summed E-state index contributed by atoms with van der Waals surface area (Å²) in [4.78, 5) is 3.59. The second-order valence-corrected chi connectivity index (χ2v) is 3.03. The lowest BCUT2D eigenvalue weighted by molar-refractivity contribution is 0.618. The molecular weight excluding hydrogens is 203 g/mol. The van der Waals surface area contributed by atoms with E-state index < -0.39 is 5.82 Å². The minimum Gasteiger partial charge on any atom is -0.319 e. The van der Waals surface area contributed by atoms with Crippen molar-refractivity contribution in [2.24, 2.45) is 0 Å². The Bertz CT molecular complexity index is 368. The van der Waals surface area contributed by atoms with Crippen molar-refractivity contribution < 1.29 is 4.39 Å². The van der Waals surface area contributed by atoms with E-state index in [9.17, 15) is 4.39 Å². The second-order valence-electron chi connectivity index (χ2n) is 2.64. The van der Waals surface area contributed by atoms with Gasteiger partial charge in [-0.05, 0) is 13.1 Å². The van der Waals surface area contributed by atoms with Crippen LogP contribution < -0.4 is 5.32 Å². The Morgan fingerprint density at radius 1 is 1.64 bits per heavy atom. The third-order valence-corrected chi connectivity index (χ3v) is 1.75. The van der Waals surface area contributed by atoms with E-state index in [1.54, 1.807) is 0 Å². The Kier molecular flexibility index (Phi) is 4.37. The van der Waals surface area contributed by atoms with Crippen LogP contribution in [0.15, 0.2) is 12.3 Å². The summed E-state index contributed by atoms with van der Waals surface area (Å²) >= 11 is 5.60. The third-order valence-electron chi connectivity index (χ3n) is 1.55. The monoisotopic (exact) mass is 212 g/mol. The predicted molar refractivity (Wildman–Crippen MR) is 54.6 cm³/mol. The van der Waals surface area contributed by atoms with Gasteiger partial charge in [-0.15, -0.1) is 0 Å². The molecule has 2 nitrogen and oxygen atoms in total. The fraction of sp³-hybridized carbons (Fsp3) is 0.300. The normalized spacial score (nSPS) is 9.36. The van der Waals surface area contributed by atoms with Crippen molar-refractivity contribution in [3.63, 3.8) is 0 Å². The number of pyridine rings is 1. The molecule has 0 atom stereocenters. The van der Waals surface area contributed by atoms with Gasteiger partial charge in [0, 0.05) is 13.0 Å². The quantitative estimate of drug-likeness (QED) is 0.460. The maximum Gasteiger partial charge on any atom is 0.157 e. The minimum atomic E-state index is -0.439. The summed E-state index contributed by atoms with van der Waals surface area (Å²) in [6, 6.07) is 1.42. The molecule has 0 fully saturated rings. The largest absolute Gasteiger partial charge is 0.319 e. The topological polar surface area (TPSA) is 24.9 Å². The van der Waals surface area contributed by atoms with Crippen LogP contribution >= 0.6 is 11.6 Å². The standard InChI is InChI=1S/C10H10ClFN2/c1-13-5-3-2-4-8-6-10(11)14-7-9(8)12/h6-7,13H,3,5H2,1H3. The van der Waals surface area contributed by atoms with Gasteiger partial charge in [0.25, 0.3) is 0 Å². The molecule has 1 N–H and O–H groups in total. The molecule has 0 saturated carbocycles. The van der Waals surface area contributed by atoms with Crippen molar-refractivity contribution in [1.29, 1.82) is 0 Å². The van der Waals surface area contributed by atoms with Crippen LogP contribution in [-0.2, 0) is 0 Å². The molecule has 0 spiro atoms. The average Bonchev–Trinajstić information content (AvgIpc) is 2.18. The van der Waals surface area contributed by atoms with Gasteiger partial charge < -0.3 is 5.32 Å². The molecule has 14 heavy (non-hydrogen) atoms. The summed E-state index contributed by atoms with van der Waals surface area (Å²) in [6.45, 7) is 0.785. The third kappa shape index (κ3) is 3.33. The molecule has 0 aliphatic heterocycles. The Morgan fingerprint density at radius 2 is 2.43 bits per heavy atom. The number of nitrogens with zero attached hydrogens (tertiary/aromatic N) is 1. The van der Waals surface area contributed by atoms with Gasteiger partial charge in [-0.3, -0.25) is 0 Å². The van der Waals surface area contributed by atoms with E-state index in [2.05, 4.69) is 22.1 Å².